The highest BCUT2D eigenvalue weighted by Crippen LogP contribution is 2.65. The minimum Gasteiger partial charge on any atom is -0.455 e. The van der Waals surface area contributed by atoms with Gasteiger partial charge in [0.2, 0.25) is 0 Å². The SMILES string of the molecule is O=C1[C@@H]2[C@@H]3C=C[C@H]([C@H]4C[C@H]34)[C@@H]2C(=O)N1/N=C/c1ccc(-c2cccc(Cl)c2Cl)o1. The van der Waals surface area contributed by atoms with Crippen LogP contribution in [0.3, 0.4) is 0 Å². The van der Waals surface area contributed by atoms with Crippen LogP contribution >= 0.6 is 23.2 Å². The summed E-state index contributed by atoms with van der Waals surface area (Å²) in [5.41, 5.74) is 0.667. The summed E-state index contributed by atoms with van der Waals surface area (Å²) in [6.07, 6.45) is 6.84. The van der Waals surface area contributed by atoms with E-state index in [0.29, 0.717) is 39.0 Å². The van der Waals surface area contributed by atoms with Crippen LogP contribution in [0.4, 0.5) is 0 Å². The Bertz CT molecular complexity index is 1090. The van der Waals surface area contributed by atoms with Crippen molar-refractivity contribution in [1.82, 2.24) is 5.01 Å². The molecule has 3 fully saturated rings. The van der Waals surface area contributed by atoms with Crippen LogP contribution in [0.1, 0.15) is 12.2 Å². The van der Waals surface area contributed by atoms with Crippen LogP contribution in [0.2, 0.25) is 10.0 Å². The summed E-state index contributed by atoms with van der Waals surface area (Å²) in [6, 6.07) is 8.77. The predicted molar refractivity (Wildman–Crippen MR) is 108 cm³/mol. The lowest BCUT2D eigenvalue weighted by Crippen LogP contribution is -2.40. The van der Waals surface area contributed by atoms with Gasteiger partial charge in [-0.25, -0.2) is 0 Å². The summed E-state index contributed by atoms with van der Waals surface area (Å²) in [4.78, 5) is 25.9. The summed E-state index contributed by atoms with van der Waals surface area (Å²) in [6.45, 7) is 0. The van der Waals surface area contributed by atoms with Gasteiger partial charge >= 0.3 is 0 Å². The number of benzene rings is 1. The molecule has 0 spiro atoms. The first-order valence-electron chi connectivity index (χ1n) is 9.69. The predicted octanol–water partition coefficient (Wildman–Crippen LogP) is 4.64. The van der Waals surface area contributed by atoms with E-state index in [1.54, 1.807) is 30.3 Å². The molecule has 7 heteroatoms. The molecule has 29 heavy (non-hydrogen) atoms. The fraction of sp³-hybridized carbons (Fsp3) is 0.318. The zero-order valence-electron chi connectivity index (χ0n) is 15.2. The minimum atomic E-state index is -0.254. The third-order valence-electron chi connectivity index (χ3n) is 6.78. The number of halogens is 2. The molecule has 2 amide bonds. The molecule has 0 radical (unpaired) electrons. The molecule has 1 aromatic carbocycles. The van der Waals surface area contributed by atoms with Crippen molar-refractivity contribution in [2.24, 2.45) is 40.6 Å². The molecule has 0 unspecified atom stereocenters. The number of furan rings is 1. The Labute approximate surface area is 177 Å². The smallest absolute Gasteiger partial charge is 0.254 e. The summed E-state index contributed by atoms with van der Waals surface area (Å²) in [5.74, 6) is 1.59. The van der Waals surface area contributed by atoms with Crippen LogP contribution in [-0.2, 0) is 9.59 Å². The number of hydrazone groups is 1. The van der Waals surface area contributed by atoms with E-state index in [1.807, 2.05) is 0 Å². The molecule has 2 aromatic rings. The normalized spacial score (nSPS) is 34.2. The molecule has 5 aliphatic rings. The molecular formula is C22H16Cl2N2O3. The standard InChI is InChI=1S/C22H16Cl2N2O3/c23-16-3-1-2-13(20(16)24)17-7-4-10(29-17)9-25-26-21(27)18-11-5-6-12(15-8-14(11)15)19(18)22(26)28/h1-7,9,11-12,14-15,18-19H,8H2/b25-9+/t11-,12-,14-,15-,18-,19+/m1/s1. The highest BCUT2D eigenvalue weighted by atomic mass is 35.5. The van der Waals surface area contributed by atoms with Gasteiger partial charge in [0, 0.05) is 5.56 Å². The van der Waals surface area contributed by atoms with Crippen molar-refractivity contribution < 1.29 is 14.0 Å². The third kappa shape index (κ3) is 2.44. The molecule has 146 valence electrons. The zero-order valence-corrected chi connectivity index (χ0v) is 16.7. The molecule has 2 heterocycles. The van der Waals surface area contributed by atoms with Crippen molar-refractivity contribution in [2.75, 3.05) is 0 Å². The van der Waals surface area contributed by atoms with E-state index >= 15 is 0 Å². The molecule has 7 rings (SSSR count). The van der Waals surface area contributed by atoms with Gasteiger partial charge in [-0.3, -0.25) is 9.59 Å². The van der Waals surface area contributed by atoms with Gasteiger partial charge in [-0.2, -0.15) is 10.1 Å². The second-order valence-corrected chi connectivity index (χ2v) is 8.98. The van der Waals surface area contributed by atoms with Crippen LogP contribution in [0.5, 0.6) is 0 Å². The molecule has 4 aliphatic carbocycles. The average molecular weight is 427 g/mol. The fourth-order valence-corrected chi connectivity index (χ4v) is 5.82. The summed E-state index contributed by atoms with van der Waals surface area (Å²) in [7, 11) is 0. The van der Waals surface area contributed by atoms with Gasteiger partial charge < -0.3 is 4.42 Å². The Balaban J connectivity index is 1.26. The topological polar surface area (TPSA) is 62.9 Å². The first kappa shape index (κ1) is 17.5. The van der Waals surface area contributed by atoms with Gasteiger partial charge in [0.05, 0.1) is 28.1 Å². The Hall–Kier alpha value is -2.37. The van der Waals surface area contributed by atoms with Crippen molar-refractivity contribution in [3.63, 3.8) is 0 Å². The number of carbonyl (C=O) groups is 2. The van der Waals surface area contributed by atoms with Gasteiger partial charge in [0.25, 0.3) is 11.8 Å². The second kappa shape index (κ2) is 6.07. The van der Waals surface area contributed by atoms with Crippen LogP contribution in [0, 0.1) is 35.5 Å². The van der Waals surface area contributed by atoms with Crippen molar-refractivity contribution in [3.8, 4) is 11.3 Å². The van der Waals surface area contributed by atoms with Crippen LogP contribution in [-0.4, -0.2) is 23.0 Å². The molecular weight excluding hydrogens is 411 g/mol. The minimum absolute atomic E-state index is 0.187. The summed E-state index contributed by atoms with van der Waals surface area (Å²) in [5, 5.41) is 6.08. The Morgan fingerprint density at radius 3 is 2.38 bits per heavy atom. The van der Waals surface area contributed by atoms with Gasteiger partial charge in [-0.05, 0) is 54.4 Å². The maximum Gasteiger partial charge on any atom is 0.254 e. The first-order valence-corrected chi connectivity index (χ1v) is 10.4. The Kier molecular flexibility index (Phi) is 3.66. The highest BCUT2D eigenvalue weighted by Gasteiger charge is 2.67. The highest BCUT2D eigenvalue weighted by molar-refractivity contribution is 6.43. The van der Waals surface area contributed by atoms with Crippen molar-refractivity contribution in [2.45, 2.75) is 6.42 Å². The van der Waals surface area contributed by atoms with Gasteiger partial charge in [0.15, 0.2) is 0 Å². The van der Waals surface area contributed by atoms with Gasteiger partial charge in [-0.15, -0.1) is 0 Å². The van der Waals surface area contributed by atoms with Crippen molar-refractivity contribution in [3.05, 3.63) is 58.3 Å². The van der Waals surface area contributed by atoms with Gasteiger partial charge in [0.1, 0.15) is 11.5 Å². The van der Waals surface area contributed by atoms with Crippen LogP contribution in [0.25, 0.3) is 11.3 Å². The quantitative estimate of drug-likeness (QED) is 0.407. The van der Waals surface area contributed by atoms with Crippen LogP contribution in [0.15, 0.2) is 52.0 Å². The molecule has 5 nitrogen and oxygen atoms in total. The number of carbonyl (C=O) groups excluding carboxylic acids is 2. The van der Waals surface area contributed by atoms with Crippen molar-refractivity contribution in [1.29, 1.82) is 0 Å². The third-order valence-corrected chi connectivity index (χ3v) is 7.60. The molecule has 0 N–H and O–H groups in total. The number of amides is 2. The second-order valence-electron chi connectivity index (χ2n) is 8.19. The van der Waals surface area contributed by atoms with Crippen LogP contribution < -0.4 is 0 Å². The summed E-state index contributed by atoms with van der Waals surface area (Å²) >= 11 is 12.3. The van der Waals surface area contributed by atoms with E-state index in [4.69, 9.17) is 27.6 Å². The number of hydrogen-bond donors (Lipinski definition) is 0. The Morgan fingerprint density at radius 1 is 1.00 bits per heavy atom. The lowest BCUT2D eigenvalue weighted by Gasteiger charge is -2.37. The maximum atomic E-state index is 12.9. The molecule has 1 saturated heterocycles. The number of hydrogen-bond acceptors (Lipinski definition) is 4. The van der Waals surface area contributed by atoms with E-state index in [1.165, 1.54) is 6.21 Å². The van der Waals surface area contributed by atoms with E-state index in [-0.39, 0.29) is 35.5 Å². The number of nitrogens with zero attached hydrogens (tertiary/aromatic N) is 2. The monoisotopic (exact) mass is 426 g/mol. The molecule has 1 aromatic heterocycles. The number of rotatable bonds is 3. The molecule has 2 bridgehead atoms. The zero-order chi connectivity index (χ0) is 19.9. The van der Waals surface area contributed by atoms with Gasteiger partial charge in [-0.1, -0.05) is 41.4 Å². The van der Waals surface area contributed by atoms with E-state index in [9.17, 15) is 9.59 Å². The summed E-state index contributed by atoms with van der Waals surface area (Å²) < 4.78 is 5.78. The maximum absolute atomic E-state index is 12.9. The average Bonchev–Trinajstić information content (AvgIpc) is 3.36. The van der Waals surface area contributed by atoms with E-state index in [0.717, 1.165) is 11.4 Å². The van der Waals surface area contributed by atoms with Crippen molar-refractivity contribution >= 4 is 41.2 Å². The lowest BCUT2D eigenvalue weighted by atomic mass is 9.63. The molecule has 2 saturated carbocycles. The lowest BCUT2D eigenvalue weighted by molar-refractivity contribution is -0.140. The molecule has 6 atom stereocenters. The number of allylic oxidation sites excluding steroid dienone is 2. The number of imide groups is 1. The van der Waals surface area contributed by atoms with E-state index in [2.05, 4.69) is 17.3 Å². The fourth-order valence-electron chi connectivity index (χ4n) is 5.43. The largest absolute Gasteiger partial charge is 0.455 e. The van der Waals surface area contributed by atoms with E-state index < -0.39 is 0 Å². The first-order chi connectivity index (χ1) is 14.0. The Morgan fingerprint density at radius 2 is 1.69 bits per heavy atom. The molecule has 1 aliphatic heterocycles.